The van der Waals surface area contributed by atoms with E-state index in [-0.39, 0.29) is 5.78 Å². The predicted octanol–water partition coefficient (Wildman–Crippen LogP) is 3.20. The highest BCUT2D eigenvalue weighted by molar-refractivity contribution is 6.07. The number of nitrogens with zero attached hydrogens (tertiary/aromatic N) is 1. The molecule has 1 N–H and O–H groups in total. The topological polar surface area (TPSA) is 42.0 Å². The quantitative estimate of drug-likeness (QED) is 0.866. The number of fused-ring (bicyclic) bond motifs is 1. The minimum Gasteiger partial charge on any atom is -0.317 e. The lowest BCUT2D eigenvalue weighted by atomic mass is 9.90. The van der Waals surface area contributed by atoms with E-state index in [2.05, 4.69) is 10.3 Å². The van der Waals surface area contributed by atoms with Crippen molar-refractivity contribution in [1.29, 1.82) is 0 Å². The first-order valence-electron chi connectivity index (χ1n) is 7.42. The Hall–Kier alpha value is -1.74. The number of carbonyl (C=O) groups excluding carboxylic acids is 1. The summed E-state index contributed by atoms with van der Waals surface area (Å²) in [6, 6.07) is 9.69. The highest BCUT2D eigenvalue weighted by Crippen LogP contribution is 2.22. The van der Waals surface area contributed by atoms with Crippen LogP contribution in [-0.2, 0) is 0 Å². The number of aromatic nitrogens is 1. The van der Waals surface area contributed by atoms with Gasteiger partial charge in [-0.05, 0) is 50.4 Å². The Labute approximate surface area is 119 Å². The second-order valence-electron chi connectivity index (χ2n) is 5.53. The maximum absolute atomic E-state index is 12.5. The van der Waals surface area contributed by atoms with Crippen LogP contribution in [0.15, 0.2) is 36.5 Å². The van der Waals surface area contributed by atoms with Crippen molar-refractivity contribution < 1.29 is 4.79 Å². The number of hydrogen-bond donors (Lipinski definition) is 1. The summed E-state index contributed by atoms with van der Waals surface area (Å²) >= 11 is 0. The fourth-order valence-corrected chi connectivity index (χ4v) is 2.99. The summed E-state index contributed by atoms with van der Waals surface area (Å²) in [5, 5.41) is 4.34. The fourth-order valence-electron chi connectivity index (χ4n) is 2.99. The summed E-state index contributed by atoms with van der Waals surface area (Å²) in [5.74, 6) is 0.954. The molecule has 2 aromatic rings. The molecule has 1 aromatic heterocycles. The Morgan fingerprint density at radius 2 is 2.05 bits per heavy atom. The second-order valence-corrected chi connectivity index (χ2v) is 5.53. The molecule has 20 heavy (non-hydrogen) atoms. The van der Waals surface area contributed by atoms with Crippen LogP contribution in [0, 0.1) is 5.92 Å². The molecular formula is C17H20N2O. The van der Waals surface area contributed by atoms with Crippen molar-refractivity contribution in [1.82, 2.24) is 10.3 Å². The SMILES string of the molecule is O=C(CCC1CCNCC1)c1cccc2ncccc12. The number of nitrogens with one attached hydrogen (secondary N) is 1. The third-order valence-corrected chi connectivity index (χ3v) is 4.18. The van der Waals surface area contributed by atoms with Crippen molar-refractivity contribution in [3.05, 3.63) is 42.1 Å². The molecule has 0 saturated carbocycles. The van der Waals surface area contributed by atoms with E-state index in [1.807, 2.05) is 30.3 Å². The number of pyridine rings is 1. The zero-order valence-corrected chi connectivity index (χ0v) is 11.6. The van der Waals surface area contributed by atoms with Gasteiger partial charge in [-0.1, -0.05) is 18.2 Å². The van der Waals surface area contributed by atoms with Crippen LogP contribution in [0.25, 0.3) is 10.9 Å². The van der Waals surface area contributed by atoms with Gasteiger partial charge in [0.15, 0.2) is 5.78 Å². The summed E-state index contributed by atoms with van der Waals surface area (Å²) in [4.78, 5) is 16.8. The Balaban J connectivity index is 1.72. The highest BCUT2D eigenvalue weighted by Gasteiger charge is 2.16. The van der Waals surface area contributed by atoms with Crippen LogP contribution in [0.5, 0.6) is 0 Å². The zero-order valence-electron chi connectivity index (χ0n) is 11.6. The number of ketones is 1. The summed E-state index contributed by atoms with van der Waals surface area (Å²) in [6.45, 7) is 2.19. The number of piperidine rings is 1. The Morgan fingerprint density at radius 1 is 1.20 bits per heavy atom. The molecule has 2 heterocycles. The van der Waals surface area contributed by atoms with Crippen molar-refractivity contribution in [3.8, 4) is 0 Å². The molecule has 104 valence electrons. The average Bonchev–Trinajstić information content (AvgIpc) is 2.53. The first-order valence-corrected chi connectivity index (χ1v) is 7.42. The van der Waals surface area contributed by atoms with E-state index in [0.29, 0.717) is 12.3 Å². The van der Waals surface area contributed by atoms with Gasteiger partial charge < -0.3 is 5.32 Å². The van der Waals surface area contributed by atoms with Gasteiger partial charge in [0.2, 0.25) is 0 Å². The van der Waals surface area contributed by atoms with Crippen LogP contribution in [0.2, 0.25) is 0 Å². The molecule has 3 heteroatoms. The van der Waals surface area contributed by atoms with Crippen LogP contribution in [-0.4, -0.2) is 23.9 Å². The first kappa shape index (κ1) is 13.3. The zero-order chi connectivity index (χ0) is 13.8. The largest absolute Gasteiger partial charge is 0.317 e. The summed E-state index contributed by atoms with van der Waals surface area (Å²) in [6.07, 6.45) is 5.83. The average molecular weight is 268 g/mol. The van der Waals surface area contributed by atoms with Gasteiger partial charge in [0.05, 0.1) is 5.52 Å². The van der Waals surface area contributed by atoms with E-state index in [4.69, 9.17) is 0 Å². The molecule has 0 bridgehead atoms. The Morgan fingerprint density at radius 3 is 2.90 bits per heavy atom. The third kappa shape index (κ3) is 2.88. The normalized spacial score (nSPS) is 16.4. The predicted molar refractivity (Wildman–Crippen MR) is 80.9 cm³/mol. The van der Waals surface area contributed by atoms with Gasteiger partial charge in [0.1, 0.15) is 0 Å². The molecule has 1 aliphatic rings. The van der Waals surface area contributed by atoms with E-state index < -0.39 is 0 Å². The van der Waals surface area contributed by atoms with E-state index in [9.17, 15) is 4.79 Å². The van der Waals surface area contributed by atoms with Crippen LogP contribution in [0.3, 0.4) is 0 Å². The number of Topliss-reactive ketones (excluding diaryl/α,β-unsaturated/α-hetero) is 1. The van der Waals surface area contributed by atoms with Crippen molar-refractivity contribution in [2.45, 2.75) is 25.7 Å². The summed E-state index contributed by atoms with van der Waals surface area (Å²) < 4.78 is 0. The molecule has 1 aromatic carbocycles. The summed E-state index contributed by atoms with van der Waals surface area (Å²) in [7, 11) is 0. The van der Waals surface area contributed by atoms with Crippen LogP contribution in [0.4, 0.5) is 0 Å². The second kappa shape index (κ2) is 6.14. The lowest BCUT2D eigenvalue weighted by Crippen LogP contribution is -2.28. The van der Waals surface area contributed by atoms with Gasteiger partial charge in [-0.15, -0.1) is 0 Å². The molecule has 3 nitrogen and oxygen atoms in total. The van der Waals surface area contributed by atoms with Gasteiger partial charge in [0, 0.05) is 23.6 Å². The molecule has 1 saturated heterocycles. The smallest absolute Gasteiger partial charge is 0.163 e. The first-order chi connectivity index (χ1) is 9.84. The van der Waals surface area contributed by atoms with E-state index in [1.54, 1.807) is 6.20 Å². The van der Waals surface area contributed by atoms with Gasteiger partial charge in [0.25, 0.3) is 0 Å². The maximum Gasteiger partial charge on any atom is 0.163 e. The minimum atomic E-state index is 0.252. The standard InChI is InChI=1S/C17H20N2O/c20-17(7-6-13-8-11-18-12-9-13)15-3-1-5-16-14(15)4-2-10-19-16/h1-5,10,13,18H,6-9,11-12H2. The third-order valence-electron chi connectivity index (χ3n) is 4.18. The van der Waals surface area contributed by atoms with Crippen molar-refractivity contribution in [3.63, 3.8) is 0 Å². The van der Waals surface area contributed by atoms with E-state index >= 15 is 0 Å². The molecule has 3 rings (SSSR count). The molecule has 1 fully saturated rings. The maximum atomic E-state index is 12.5. The Kier molecular flexibility index (Phi) is 4.07. The van der Waals surface area contributed by atoms with Gasteiger partial charge in [-0.2, -0.15) is 0 Å². The molecule has 0 radical (unpaired) electrons. The van der Waals surface area contributed by atoms with Crippen LogP contribution in [0.1, 0.15) is 36.0 Å². The minimum absolute atomic E-state index is 0.252. The van der Waals surface area contributed by atoms with Crippen LogP contribution >= 0.6 is 0 Å². The number of benzene rings is 1. The monoisotopic (exact) mass is 268 g/mol. The molecule has 0 atom stereocenters. The van der Waals surface area contributed by atoms with Crippen molar-refractivity contribution >= 4 is 16.7 Å². The lowest BCUT2D eigenvalue weighted by molar-refractivity contribution is 0.0972. The van der Waals surface area contributed by atoms with Crippen molar-refractivity contribution in [2.75, 3.05) is 13.1 Å². The molecular weight excluding hydrogens is 248 g/mol. The fraction of sp³-hybridized carbons (Fsp3) is 0.412. The van der Waals surface area contributed by atoms with Gasteiger partial charge in [-0.25, -0.2) is 0 Å². The molecule has 0 unspecified atom stereocenters. The molecule has 0 spiro atoms. The molecule has 1 aliphatic heterocycles. The number of carbonyl (C=O) groups is 1. The molecule has 0 amide bonds. The Bertz CT molecular complexity index is 597. The number of hydrogen-bond acceptors (Lipinski definition) is 3. The summed E-state index contributed by atoms with van der Waals surface area (Å²) in [5.41, 5.74) is 1.73. The lowest BCUT2D eigenvalue weighted by Gasteiger charge is -2.22. The van der Waals surface area contributed by atoms with E-state index in [0.717, 1.165) is 36.0 Å². The highest BCUT2D eigenvalue weighted by atomic mass is 16.1. The van der Waals surface area contributed by atoms with Crippen LogP contribution < -0.4 is 5.32 Å². The van der Waals surface area contributed by atoms with Crippen molar-refractivity contribution in [2.24, 2.45) is 5.92 Å². The number of rotatable bonds is 4. The van der Waals surface area contributed by atoms with Gasteiger partial charge in [-0.3, -0.25) is 9.78 Å². The van der Waals surface area contributed by atoms with E-state index in [1.165, 1.54) is 12.8 Å². The van der Waals surface area contributed by atoms with Gasteiger partial charge >= 0.3 is 0 Å². The molecule has 0 aliphatic carbocycles.